The van der Waals surface area contributed by atoms with Gasteiger partial charge in [0, 0.05) is 55.0 Å². The SMILES string of the molecule is O=C(O)c1cccc(C=NCCN(CCN=Cc2cccc(C(=O)O)c2O)CCN=Cc2cccc(C(=O)O)c2O)c1O. The third-order valence-electron chi connectivity index (χ3n) is 6.22. The van der Waals surface area contributed by atoms with E-state index in [2.05, 4.69) is 15.0 Å². The van der Waals surface area contributed by atoms with Crippen molar-refractivity contribution in [1.82, 2.24) is 4.90 Å². The van der Waals surface area contributed by atoms with Crippen molar-refractivity contribution in [3.63, 3.8) is 0 Å². The normalized spacial score (nSPS) is 11.7. The van der Waals surface area contributed by atoms with Gasteiger partial charge in [-0.2, -0.15) is 0 Å². The summed E-state index contributed by atoms with van der Waals surface area (Å²) in [5, 5.41) is 58.0. The van der Waals surface area contributed by atoms with Crippen LogP contribution in [-0.2, 0) is 0 Å². The van der Waals surface area contributed by atoms with Crippen LogP contribution in [0.3, 0.4) is 0 Å². The number of rotatable bonds is 15. The molecule has 43 heavy (non-hydrogen) atoms. The lowest BCUT2D eigenvalue weighted by atomic mass is 10.1. The standard InChI is InChI=1S/C30H30N4O9/c35-25-19(4-1-7-22(25)28(38)39)16-31-10-13-34(14-11-32-17-20-5-2-8-23(26(20)36)29(40)41)15-12-33-18-21-6-3-9-24(27(21)37)30(42)43/h1-9,16-18,35-37H,10-15H2,(H,38,39)(H,40,41)(H,42,43). The Balaban J connectivity index is 1.66. The Morgan fingerprint density at radius 2 is 0.814 bits per heavy atom. The van der Waals surface area contributed by atoms with E-state index in [1.165, 1.54) is 73.2 Å². The first-order valence-corrected chi connectivity index (χ1v) is 13.0. The summed E-state index contributed by atoms with van der Waals surface area (Å²) in [6, 6.07) is 13.0. The number of hydrogen-bond donors (Lipinski definition) is 6. The number of carbonyl (C=O) groups is 3. The average molecular weight is 591 g/mol. The number of aromatic hydroxyl groups is 3. The van der Waals surface area contributed by atoms with Crippen LogP contribution < -0.4 is 0 Å². The molecule has 0 unspecified atom stereocenters. The maximum atomic E-state index is 11.2. The van der Waals surface area contributed by atoms with Gasteiger partial charge in [0.05, 0.1) is 19.6 Å². The number of carboxylic acids is 3. The van der Waals surface area contributed by atoms with Gasteiger partial charge in [-0.1, -0.05) is 18.2 Å². The third kappa shape index (κ3) is 8.96. The van der Waals surface area contributed by atoms with Crippen molar-refractivity contribution in [3.05, 3.63) is 88.0 Å². The lowest BCUT2D eigenvalue weighted by Gasteiger charge is -2.19. The van der Waals surface area contributed by atoms with Gasteiger partial charge in [0.15, 0.2) is 0 Å². The van der Waals surface area contributed by atoms with Crippen LogP contribution in [0, 0.1) is 0 Å². The van der Waals surface area contributed by atoms with Crippen LogP contribution in [-0.4, -0.2) is 111 Å². The summed E-state index contributed by atoms with van der Waals surface area (Å²) >= 11 is 0. The fourth-order valence-corrected chi connectivity index (χ4v) is 3.94. The fraction of sp³-hybridized carbons (Fsp3) is 0.200. The molecular weight excluding hydrogens is 560 g/mol. The maximum Gasteiger partial charge on any atom is 0.339 e. The first-order chi connectivity index (χ1) is 20.6. The first kappa shape index (κ1) is 32.0. The van der Waals surface area contributed by atoms with E-state index in [9.17, 15) is 45.0 Å². The topological polar surface area (TPSA) is 213 Å². The van der Waals surface area contributed by atoms with Gasteiger partial charge in [-0.15, -0.1) is 0 Å². The second-order valence-corrected chi connectivity index (χ2v) is 9.09. The molecule has 3 aromatic rings. The Kier molecular flexibility index (Phi) is 11.5. The van der Waals surface area contributed by atoms with Crippen molar-refractivity contribution in [3.8, 4) is 17.2 Å². The van der Waals surface area contributed by atoms with E-state index in [0.29, 0.717) is 19.6 Å². The third-order valence-corrected chi connectivity index (χ3v) is 6.22. The molecule has 0 bridgehead atoms. The molecule has 6 N–H and O–H groups in total. The Labute approximate surface area is 246 Å². The molecule has 0 heterocycles. The predicted octanol–water partition coefficient (Wildman–Crippen LogP) is 2.86. The summed E-state index contributed by atoms with van der Waals surface area (Å²) in [7, 11) is 0. The number of aromatic carboxylic acids is 3. The summed E-state index contributed by atoms with van der Waals surface area (Å²) in [5.41, 5.74) is 0.0656. The van der Waals surface area contributed by atoms with Crippen LogP contribution in [0.5, 0.6) is 17.2 Å². The number of hydrogen-bond acceptors (Lipinski definition) is 10. The summed E-state index contributed by atoms with van der Waals surface area (Å²) in [6.45, 7) is 2.15. The quantitative estimate of drug-likeness (QED) is 0.142. The molecule has 0 aliphatic rings. The average Bonchev–Trinajstić information content (AvgIpc) is 2.96. The lowest BCUT2D eigenvalue weighted by molar-refractivity contribution is 0.0682. The van der Waals surface area contributed by atoms with Crippen molar-refractivity contribution in [2.45, 2.75) is 0 Å². The number of para-hydroxylation sites is 3. The Morgan fingerprint density at radius 1 is 0.535 bits per heavy atom. The summed E-state index contributed by atoms with van der Waals surface area (Å²) in [4.78, 5) is 48.6. The zero-order chi connectivity index (χ0) is 31.4. The number of aliphatic imine (C=N–C) groups is 3. The Hall–Kier alpha value is -5.56. The van der Waals surface area contributed by atoms with Crippen LogP contribution in [0.15, 0.2) is 69.6 Å². The smallest absolute Gasteiger partial charge is 0.339 e. The molecule has 0 saturated heterocycles. The minimum atomic E-state index is -1.26. The van der Waals surface area contributed by atoms with Gasteiger partial charge < -0.3 is 30.6 Å². The van der Waals surface area contributed by atoms with E-state index < -0.39 is 17.9 Å². The number of benzene rings is 3. The van der Waals surface area contributed by atoms with E-state index >= 15 is 0 Å². The van der Waals surface area contributed by atoms with E-state index in [1.807, 2.05) is 4.90 Å². The molecule has 3 rings (SSSR count). The minimum Gasteiger partial charge on any atom is -0.506 e. The van der Waals surface area contributed by atoms with E-state index in [1.54, 1.807) is 0 Å². The highest BCUT2D eigenvalue weighted by atomic mass is 16.4. The Morgan fingerprint density at radius 3 is 1.07 bits per heavy atom. The summed E-state index contributed by atoms with van der Waals surface area (Å²) in [6.07, 6.45) is 4.14. The molecule has 13 heteroatoms. The van der Waals surface area contributed by atoms with Crippen molar-refractivity contribution in [2.75, 3.05) is 39.3 Å². The molecule has 0 aliphatic carbocycles. The highest BCUT2D eigenvalue weighted by Crippen LogP contribution is 2.22. The van der Waals surface area contributed by atoms with Gasteiger partial charge in [-0.25, -0.2) is 14.4 Å². The first-order valence-electron chi connectivity index (χ1n) is 13.0. The van der Waals surface area contributed by atoms with Crippen LogP contribution in [0.4, 0.5) is 0 Å². The molecular formula is C30H30N4O9. The van der Waals surface area contributed by atoms with E-state index in [-0.39, 0.29) is 70.3 Å². The molecule has 0 aliphatic heterocycles. The molecule has 0 fully saturated rings. The van der Waals surface area contributed by atoms with Crippen molar-refractivity contribution >= 4 is 36.6 Å². The van der Waals surface area contributed by atoms with Gasteiger partial charge in [0.1, 0.15) is 33.9 Å². The van der Waals surface area contributed by atoms with Crippen LogP contribution in [0.25, 0.3) is 0 Å². The molecule has 0 atom stereocenters. The highest BCUT2D eigenvalue weighted by Gasteiger charge is 2.14. The lowest BCUT2D eigenvalue weighted by Crippen LogP contribution is -2.31. The second kappa shape index (κ2) is 15.4. The Bertz CT molecular complexity index is 1380. The molecule has 13 nitrogen and oxygen atoms in total. The van der Waals surface area contributed by atoms with Crippen molar-refractivity contribution in [2.24, 2.45) is 15.0 Å². The molecule has 224 valence electrons. The molecule has 0 radical (unpaired) electrons. The van der Waals surface area contributed by atoms with E-state index in [0.717, 1.165) is 0 Å². The van der Waals surface area contributed by atoms with Gasteiger partial charge >= 0.3 is 17.9 Å². The maximum absolute atomic E-state index is 11.2. The van der Waals surface area contributed by atoms with Crippen molar-refractivity contribution in [1.29, 1.82) is 0 Å². The summed E-state index contributed by atoms with van der Waals surface area (Å²) in [5.74, 6) is -4.93. The largest absolute Gasteiger partial charge is 0.506 e. The summed E-state index contributed by atoms with van der Waals surface area (Å²) < 4.78 is 0. The monoisotopic (exact) mass is 590 g/mol. The van der Waals surface area contributed by atoms with Crippen LogP contribution in [0.1, 0.15) is 47.8 Å². The second-order valence-electron chi connectivity index (χ2n) is 9.09. The van der Waals surface area contributed by atoms with Crippen molar-refractivity contribution < 1.29 is 45.0 Å². The molecule has 0 amide bonds. The zero-order valence-electron chi connectivity index (χ0n) is 22.9. The fourth-order valence-electron chi connectivity index (χ4n) is 3.94. The van der Waals surface area contributed by atoms with Crippen LogP contribution in [0.2, 0.25) is 0 Å². The molecule has 0 spiro atoms. The molecule has 3 aromatic carbocycles. The minimum absolute atomic E-state index is 0.235. The van der Waals surface area contributed by atoms with E-state index in [4.69, 9.17) is 0 Å². The number of nitrogens with zero attached hydrogens (tertiary/aromatic N) is 4. The molecule has 0 saturated carbocycles. The highest BCUT2D eigenvalue weighted by molar-refractivity contribution is 5.97. The van der Waals surface area contributed by atoms with Gasteiger partial charge in [0.25, 0.3) is 0 Å². The number of phenols is 3. The van der Waals surface area contributed by atoms with Gasteiger partial charge in [0.2, 0.25) is 0 Å². The van der Waals surface area contributed by atoms with Crippen LogP contribution >= 0.6 is 0 Å². The van der Waals surface area contributed by atoms with Gasteiger partial charge in [-0.3, -0.25) is 19.9 Å². The zero-order valence-corrected chi connectivity index (χ0v) is 22.9. The predicted molar refractivity (Wildman–Crippen MR) is 159 cm³/mol. The molecule has 0 aromatic heterocycles. The number of carboxylic acid groups (broad SMARTS) is 3. The van der Waals surface area contributed by atoms with Gasteiger partial charge in [-0.05, 0) is 36.4 Å².